The van der Waals surface area contributed by atoms with Gasteiger partial charge in [0.15, 0.2) is 5.13 Å². The molecule has 0 radical (unpaired) electrons. The summed E-state index contributed by atoms with van der Waals surface area (Å²) in [6.07, 6.45) is 2.70. The van der Waals surface area contributed by atoms with E-state index < -0.39 is 0 Å². The Kier molecular flexibility index (Phi) is 3.59. The van der Waals surface area contributed by atoms with Gasteiger partial charge in [0.1, 0.15) is 0 Å². The number of nitrogens with zero attached hydrogens (tertiary/aromatic N) is 1. The molecule has 0 bridgehead atoms. The van der Waals surface area contributed by atoms with Crippen LogP contribution in [-0.4, -0.2) is 4.98 Å². The van der Waals surface area contributed by atoms with Gasteiger partial charge < -0.3 is 5.32 Å². The van der Waals surface area contributed by atoms with Crippen molar-refractivity contribution in [3.63, 3.8) is 0 Å². The number of benzene rings is 1. The van der Waals surface area contributed by atoms with Crippen molar-refractivity contribution in [2.75, 3.05) is 5.32 Å². The first kappa shape index (κ1) is 11.9. The Morgan fingerprint density at radius 3 is 2.59 bits per heavy atom. The third kappa shape index (κ3) is 3.43. The molecule has 3 heteroatoms. The molecule has 0 unspecified atom stereocenters. The lowest BCUT2D eigenvalue weighted by atomic mass is 10.1. The van der Waals surface area contributed by atoms with E-state index in [1.807, 2.05) is 13.1 Å². The molecule has 17 heavy (non-hydrogen) atoms. The third-order valence-electron chi connectivity index (χ3n) is 2.44. The summed E-state index contributed by atoms with van der Waals surface area (Å²) in [5.74, 6) is 0. The van der Waals surface area contributed by atoms with E-state index in [1.54, 1.807) is 11.3 Å². The molecule has 0 fully saturated rings. The second kappa shape index (κ2) is 5.15. The Bertz CT molecular complexity index is 511. The van der Waals surface area contributed by atoms with Gasteiger partial charge in [-0.1, -0.05) is 36.4 Å². The van der Waals surface area contributed by atoms with Crippen molar-refractivity contribution in [1.29, 1.82) is 0 Å². The molecule has 1 heterocycles. The number of anilines is 1. The first-order valence-corrected chi connectivity index (χ1v) is 6.38. The van der Waals surface area contributed by atoms with Gasteiger partial charge in [-0.25, -0.2) is 4.98 Å². The van der Waals surface area contributed by atoms with Crippen molar-refractivity contribution in [2.45, 2.75) is 20.3 Å². The zero-order chi connectivity index (χ0) is 12.3. The first-order chi connectivity index (χ1) is 8.13. The number of hydrogen-bond donors (Lipinski definition) is 1. The molecular weight excluding hydrogens is 228 g/mol. The van der Waals surface area contributed by atoms with Crippen LogP contribution in [0, 0.1) is 13.8 Å². The summed E-state index contributed by atoms with van der Waals surface area (Å²) in [4.78, 5) is 5.46. The van der Waals surface area contributed by atoms with E-state index in [0.29, 0.717) is 0 Å². The summed E-state index contributed by atoms with van der Waals surface area (Å²) in [6, 6.07) is 8.51. The van der Waals surface area contributed by atoms with Gasteiger partial charge in [0.25, 0.3) is 0 Å². The Labute approximate surface area is 106 Å². The quantitative estimate of drug-likeness (QED) is 0.881. The maximum absolute atomic E-state index is 4.26. The van der Waals surface area contributed by atoms with Gasteiger partial charge in [0.2, 0.25) is 0 Å². The predicted octanol–water partition coefficient (Wildman–Crippen LogP) is 3.93. The standard InChI is InChI=1S/C14H16N2S/c1-10-4-6-13(7-5-10)8-11(2)16-14-15-9-12(3)17-14/h4-7,9H,2,8H2,1,3H3,(H,15,16). The van der Waals surface area contributed by atoms with E-state index in [0.717, 1.165) is 17.2 Å². The summed E-state index contributed by atoms with van der Waals surface area (Å²) in [7, 11) is 0. The molecule has 1 N–H and O–H groups in total. The minimum Gasteiger partial charge on any atom is -0.335 e. The first-order valence-electron chi connectivity index (χ1n) is 5.56. The third-order valence-corrected chi connectivity index (χ3v) is 3.27. The topological polar surface area (TPSA) is 24.9 Å². The lowest BCUT2D eigenvalue weighted by Crippen LogP contribution is -2.00. The minimum atomic E-state index is 0.832. The van der Waals surface area contributed by atoms with Crippen molar-refractivity contribution in [2.24, 2.45) is 0 Å². The molecule has 2 rings (SSSR count). The molecule has 1 aromatic heterocycles. The molecule has 2 nitrogen and oxygen atoms in total. The van der Waals surface area contributed by atoms with Crippen LogP contribution in [0.25, 0.3) is 0 Å². The van der Waals surface area contributed by atoms with Gasteiger partial charge in [0.05, 0.1) is 0 Å². The highest BCUT2D eigenvalue weighted by Gasteiger charge is 2.01. The van der Waals surface area contributed by atoms with Crippen molar-refractivity contribution in [3.05, 3.63) is 58.7 Å². The van der Waals surface area contributed by atoms with Crippen LogP contribution in [0.5, 0.6) is 0 Å². The highest BCUT2D eigenvalue weighted by Crippen LogP contribution is 2.19. The molecule has 0 saturated carbocycles. The van der Waals surface area contributed by atoms with E-state index in [1.165, 1.54) is 16.0 Å². The van der Waals surface area contributed by atoms with E-state index in [2.05, 4.69) is 48.1 Å². The highest BCUT2D eigenvalue weighted by molar-refractivity contribution is 7.15. The Morgan fingerprint density at radius 2 is 2.00 bits per heavy atom. The number of nitrogens with one attached hydrogen (secondary N) is 1. The van der Waals surface area contributed by atoms with Gasteiger partial charge in [-0.15, -0.1) is 11.3 Å². The highest BCUT2D eigenvalue weighted by atomic mass is 32.1. The van der Waals surface area contributed by atoms with Gasteiger partial charge >= 0.3 is 0 Å². The number of aromatic nitrogens is 1. The predicted molar refractivity (Wildman–Crippen MR) is 74.5 cm³/mol. The fraction of sp³-hybridized carbons (Fsp3) is 0.214. The Hall–Kier alpha value is -1.61. The molecule has 0 spiro atoms. The molecule has 88 valence electrons. The van der Waals surface area contributed by atoms with Crippen molar-refractivity contribution in [3.8, 4) is 0 Å². The molecule has 1 aromatic carbocycles. The van der Waals surface area contributed by atoms with Crippen LogP contribution in [0.1, 0.15) is 16.0 Å². The largest absolute Gasteiger partial charge is 0.335 e. The molecule has 0 atom stereocenters. The van der Waals surface area contributed by atoms with Crippen LogP contribution in [-0.2, 0) is 6.42 Å². The summed E-state index contributed by atoms with van der Waals surface area (Å²) in [5.41, 5.74) is 3.52. The summed E-state index contributed by atoms with van der Waals surface area (Å²) < 4.78 is 0. The van der Waals surface area contributed by atoms with E-state index in [4.69, 9.17) is 0 Å². The van der Waals surface area contributed by atoms with Crippen molar-refractivity contribution < 1.29 is 0 Å². The second-order valence-electron chi connectivity index (χ2n) is 4.17. The van der Waals surface area contributed by atoms with Gasteiger partial charge in [0, 0.05) is 23.2 Å². The van der Waals surface area contributed by atoms with Gasteiger partial charge in [-0.05, 0) is 19.4 Å². The summed E-state index contributed by atoms with van der Waals surface area (Å²) in [6.45, 7) is 8.17. The maximum atomic E-state index is 4.26. The summed E-state index contributed by atoms with van der Waals surface area (Å²) in [5, 5.41) is 4.16. The average Bonchev–Trinajstić information content (AvgIpc) is 2.67. The average molecular weight is 244 g/mol. The zero-order valence-corrected chi connectivity index (χ0v) is 11.0. The number of hydrogen-bond acceptors (Lipinski definition) is 3. The minimum absolute atomic E-state index is 0.832. The van der Waals surface area contributed by atoms with E-state index in [-0.39, 0.29) is 0 Å². The zero-order valence-electron chi connectivity index (χ0n) is 10.2. The van der Waals surface area contributed by atoms with Gasteiger partial charge in [-0.2, -0.15) is 0 Å². The van der Waals surface area contributed by atoms with Crippen LogP contribution in [0.4, 0.5) is 5.13 Å². The molecule has 0 amide bonds. The normalized spacial score (nSPS) is 10.2. The van der Waals surface area contributed by atoms with Crippen LogP contribution in [0.15, 0.2) is 42.7 Å². The molecular formula is C14H16N2S. The smallest absolute Gasteiger partial charge is 0.187 e. The molecule has 0 aliphatic rings. The van der Waals surface area contributed by atoms with Gasteiger partial charge in [-0.3, -0.25) is 0 Å². The fourth-order valence-corrected chi connectivity index (χ4v) is 2.27. The van der Waals surface area contributed by atoms with E-state index in [9.17, 15) is 0 Å². The van der Waals surface area contributed by atoms with Crippen LogP contribution >= 0.6 is 11.3 Å². The molecule has 0 saturated heterocycles. The molecule has 0 aliphatic carbocycles. The number of aryl methyl sites for hydroxylation is 2. The Morgan fingerprint density at radius 1 is 1.29 bits per heavy atom. The lowest BCUT2D eigenvalue weighted by Gasteiger charge is -2.06. The maximum Gasteiger partial charge on any atom is 0.187 e. The van der Waals surface area contributed by atoms with E-state index >= 15 is 0 Å². The monoisotopic (exact) mass is 244 g/mol. The lowest BCUT2D eigenvalue weighted by molar-refractivity contribution is 1.15. The van der Waals surface area contributed by atoms with Crippen LogP contribution in [0.2, 0.25) is 0 Å². The van der Waals surface area contributed by atoms with Crippen molar-refractivity contribution >= 4 is 16.5 Å². The van der Waals surface area contributed by atoms with Crippen LogP contribution < -0.4 is 5.32 Å². The van der Waals surface area contributed by atoms with Crippen molar-refractivity contribution in [1.82, 2.24) is 4.98 Å². The Balaban J connectivity index is 1.95. The summed E-state index contributed by atoms with van der Waals surface area (Å²) >= 11 is 1.65. The fourth-order valence-electron chi connectivity index (χ4n) is 1.56. The molecule has 0 aliphatic heterocycles. The molecule has 2 aromatic rings. The van der Waals surface area contributed by atoms with Crippen LogP contribution in [0.3, 0.4) is 0 Å². The number of rotatable bonds is 4. The number of thiazole rings is 1. The number of allylic oxidation sites excluding steroid dienone is 1. The SMILES string of the molecule is C=C(Cc1ccc(C)cc1)Nc1ncc(C)s1. The second-order valence-corrected chi connectivity index (χ2v) is 5.40.